The average molecular weight is 313 g/mol. The molecule has 0 atom stereocenters. The number of carbonyl (C=O) groups is 1. The summed E-state index contributed by atoms with van der Waals surface area (Å²) < 4.78 is 4.72. The minimum atomic E-state index is -0.366. The smallest absolute Gasteiger partial charge is 0.337 e. The number of aromatic nitrogens is 2. The number of fused-ring (bicyclic) bond motifs is 1. The Morgan fingerprint density at radius 1 is 1.18 bits per heavy atom. The average Bonchev–Trinajstić information content (AvgIpc) is 2.54. The number of nitrogens with zero attached hydrogens (tertiary/aromatic N) is 2. The van der Waals surface area contributed by atoms with Crippen LogP contribution in [0.25, 0.3) is 10.9 Å². The molecule has 2 heterocycles. The minimum Gasteiger partial charge on any atom is -0.465 e. The molecule has 1 aromatic carbocycles. The molecule has 0 amide bonds. The summed E-state index contributed by atoms with van der Waals surface area (Å²) >= 11 is 5.96. The van der Waals surface area contributed by atoms with Crippen molar-refractivity contribution in [1.29, 1.82) is 0 Å². The standard InChI is InChI=1S/C17H13ClN2O2/c1-22-17(21)13-4-5-19-15(8-13)7-11-6-12-2-3-14(18)9-16(12)20-10-11/h2-6,8-10H,7H2,1H3. The molecule has 0 bridgehead atoms. The topological polar surface area (TPSA) is 52.1 Å². The van der Waals surface area contributed by atoms with Crippen molar-refractivity contribution in [3.05, 3.63) is 70.6 Å². The van der Waals surface area contributed by atoms with Gasteiger partial charge in [0, 0.05) is 34.9 Å². The van der Waals surface area contributed by atoms with Crippen molar-refractivity contribution < 1.29 is 9.53 Å². The van der Waals surface area contributed by atoms with Gasteiger partial charge in [0.15, 0.2) is 0 Å². The second-order valence-electron chi connectivity index (χ2n) is 4.88. The van der Waals surface area contributed by atoms with E-state index in [4.69, 9.17) is 16.3 Å². The normalized spacial score (nSPS) is 10.6. The van der Waals surface area contributed by atoms with Crippen LogP contribution in [-0.2, 0) is 11.2 Å². The number of rotatable bonds is 3. The fourth-order valence-electron chi connectivity index (χ4n) is 2.27. The molecule has 5 heteroatoms. The lowest BCUT2D eigenvalue weighted by molar-refractivity contribution is 0.0600. The number of esters is 1. The maximum Gasteiger partial charge on any atom is 0.337 e. The summed E-state index contributed by atoms with van der Waals surface area (Å²) in [6.07, 6.45) is 4.00. The van der Waals surface area contributed by atoms with Crippen molar-refractivity contribution in [1.82, 2.24) is 9.97 Å². The van der Waals surface area contributed by atoms with Gasteiger partial charge in [-0.3, -0.25) is 9.97 Å². The number of hydrogen-bond acceptors (Lipinski definition) is 4. The maximum absolute atomic E-state index is 11.5. The molecule has 0 N–H and O–H groups in total. The SMILES string of the molecule is COC(=O)c1ccnc(Cc2cnc3cc(Cl)ccc3c2)c1. The number of carbonyl (C=O) groups excluding carboxylic acids is 1. The summed E-state index contributed by atoms with van der Waals surface area (Å²) in [5, 5.41) is 1.69. The highest BCUT2D eigenvalue weighted by Gasteiger charge is 2.07. The highest BCUT2D eigenvalue weighted by molar-refractivity contribution is 6.31. The van der Waals surface area contributed by atoms with Crippen LogP contribution in [0.3, 0.4) is 0 Å². The van der Waals surface area contributed by atoms with Crippen molar-refractivity contribution in [3.63, 3.8) is 0 Å². The largest absolute Gasteiger partial charge is 0.465 e. The molecule has 3 aromatic rings. The van der Waals surface area contributed by atoms with Crippen molar-refractivity contribution in [3.8, 4) is 0 Å². The first-order chi connectivity index (χ1) is 10.7. The molecule has 0 saturated heterocycles. The van der Waals surface area contributed by atoms with E-state index in [0.29, 0.717) is 17.0 Å². The van der Waals surface area contributed by atoms with Gasteiger partial charge in [0.1, 0.15) is 0 Å². The predicted octanol–water partition coefficient (Wildman–Crippen LogP) is 3.66. The molecule has 0 radical (unpaired) electrons. The van der Waals surface area contributed by atoms with E-state index in [9.17, 15) is 4.79 Å². The number of benzene rings is 1. The zero-order valence-corrected chi connectivity index (χ0v) is 12.7. The number of ether oxygens (including phenoxy) is 1. The third-order valence-corrected chi connectivity index (χ3v) is 3.56. The van der Waals surface area contributed by atoms with E-state index in [0.717, 1.165) is 22.2 Å². The van der Waals surface area contributed by atoms with Crippen molar-refractivity contribution >= 4 is 28.5 Å². The number of halogens is 1. The van der Waals surface area contributed by atoms with Crippen LogP contribution >= 0.6 is 11.6 Å². The Morgan fingerprint density at radius 2 is 2.05 bits per heavy atom. The predicted molar refractivity (Wildman–Crippen MR) is 85.1 cm³/mol. The maximum atomic E-state index is 11.5. The van der Waals surface area contributed by atoms with Crippen LogP contribution in [-0.4, -0.2) is 23.0 Å². The fourth-order valence-corrected chi connectivity index (χ4v) is 2.43. The molecular weight excluding hydrogens is 300 g/mol. The molecule has 4 nitrogen and oxygen atoms in total. The van der Waals surface area contributed by atoms with Gasteiger partial charge in [-0.2, -0.15) is 0 Å². The zero-order chi connectivity index (χ0) is 15.5. The van der Waals surface area contributed by atoms with E-state index < -0.39 is 0 Å². The van der Waals surface area contributed by atoms with Gasteiger partial charge in [-0.05, 0) is 35.9 Å². The van der Waals surface area contributed by atoms with Crippen LogP contribution in [0.2, 0.25) is 5.02 Å². The summed E-state index contributed by atoms with van der Waals surface area (Å²) in [6.45, 7) is 0. The Morgan fingerprint density at radius 3 is 2.86 bits per heavy atom. The lowest BCUT2D eigenvalue weighted by Gasteiger charge is -2.05. The zero-order valence-electron chi connectivity index (χ0n) is 11.9. The summed E-state index contributed by atoms with van der Waals surface area (Å²) in [5.74, 6) is -0.366. The molecule has 2 aromatic heterocycles. The molecule has 22 heavy (non-hydrogen) atoms. The Hall–Kier alpha value is -2.46. The van der Waals surface area contributed by atoms with Crippen molar-refractivity contribution in [2.24, 2.45) is 0 Å². The molecule has 0 unspecified atom stereocenters. The van der Waals surface area contributed by atoms with Crippen LogP contribution in [0, 0.1) is 0 Å². The van der Waals surface area contributed by atoms with Gasteiger partial charge in [0.25, 0.3) is 0 Å². The Bertz CT molecular complexity index is 849. The van der Waals surface area contributed by atoms with Gasteiger partial charge < -0.3 is 4.74 Å². The number of hydrogen-bond donors (Lipinski definition) is 0. The van der Waals surface area contributed by atoms with Gasteiger partial charge in [-0.25, -0.2) is 4.79 Å². The highest BCUT2D eigenvalue weighted by atomic mass is 35.5. The van der Waals surface area contributed by atoms with Crippen LogP contribution in [0.5, 0.6) is 0 Å². The molecular formula is C17H13ClN2O2. The lowest BCUT2D eigenvalue weighted by Crippen LogP contribution is -2.03. The molecule has 0 saturated carbocycles. The molecule has 3 rings (SSSR count). The second kappa shape index (κ2) is 6.12. The third-order valence-electron chi connectivity index (χ3n) is 3.33. The molecule has 0 fully saturated rings. The van der Waals surface area contributed by atoms with E-state index in [1.165, 1.54) is 7.11 Å². The molecule has 0 aliphatic rings. The third kappa shape index (κ3) is 3.07. The van der Waals surface area contributed by atoms with Crippen molar-refractivity contribution in [2.45, 2.75) is 6.42 Å². The van der Waals surface area contributed by atoms with Gasteiger partial charge >= 0.3 is 5.97 Å². The van der Waals surface area contributed by atoms with E-state index in [1.54, 1.807) is 24.5 Å². The summed E-state index contributed by atoms with van der Waals surface area (Å²) in [4.78, 5) is 20.2. The highest BCUT2D eigenvalue weighted by Crippen LogP contribution is 2.19. The van der Waals surface area contributed by atoms with Gasteiger partial charge in [-0.1, -0.05) is 17.7 Å². The quantitative estimate of drug-likeness (QED) is 0.693. The fraction of sp³-hybridized carbons (Fsp3) is 0.118. The van der Waals surface area contributed by atoms with E-state index >= 15 is 0 Å². The monoisotopic (exact) mass is 312 g/mol. The van der Waals surface area contributed by atoms with E-state index in [-0.39, 0.29) is 5.97 Å². The minimum absolute atomic E-state index is 0.366. The Kier molecular flexibility index (Phi) is 4.02. The summed E-state index contributed by atoms with van der Waals surface area (Å²) in [6, 6.07) is 11.0. The molecule has 0 spiro atoms. The Balaban J connectivity index is 1.89. The first kappa shape index (κ1) is 14.5. The number of pyridine rings is 2. The van der Waals surface area contributed by atoms with E-state index in [2.05, 4.69) is 9.97 Å². The van der Waals surface area contributed by atoms with Crippen LogP contribution < -0.4 is 0 Å². The second-order valence-corrected chi connectivity index (χ2v) is 5.32. The van der Waals surface area contributed by atoms with Gasteiger partial charge in [0.2, 0.25) is 0 Å². The molecule has 0 aliphatic carbocycles. The Labute approximate surface area is 132 Å². The molecule has 0 aliphatic heterocycles. The van der Waals surface area contributed by atoms with Crippen LogP contribution in [0.15, 0.2) is 48.8 Å². The lowest BCUT2D eigenvalue weighted by atomic mass is 10.1. The number of methoxy groups -OCH3 is 1. The summed E-state index contributed by atoms with van der Waals surface area (Å²) in [5.41, 5.74) is 3.16. The van der Waals surface area contributed by atoms with Crippen molar-refractivity contribution in [2.75, 3.05) is 7.11 Å². The first-order valence-corrected chi connectivity index (χ1v) is 7.11. The molecule has 110 valence electrons. The van der Waals surface area contributed by atoms with Gasteiger partial charge in [0.05, 0.1) is 18.2 Å². The summed E-state index contributed by atoms with van der Waals surface area (Å²) in [7, 11) is 1.36. The first-order valence-electron chi connectivity index (χ1n) is 6.73. The van der Waals surface area contributed by atoms with Crippen LogP contribution in [0.4, 0.5) is 0 Å². The van der Waals surface area contributed by atoms with E-state index in [1.807, 2.05) is 24.3 Å². The van der Waals surface area contributed by atoms with Crippen LogP contribution in [0.1, 0.15) is 21.6 Å². The van der Waals surface area contributed by atoms with Gasteiger partial charge in [-0.15, -0.1) is 0 Å².